The second kappa shape index (κ2) is 5.79. The fourth-order valence-corrected chi connectivity index (χ4v) is 4.53. The Bertz CT molecular complexity index is 804. The van der Waals surface area contributed by atoms with E-state index in [1.54, 1.807) is 24.3 Å². The minimum Gasteiger partial charge on any atom is -0.348 e. The highest BCUT2D eigenvalue weighted by Crippen LogP contribution is 2.31. The van der Waals surface area contributed by atoms with Crippen molar-refractivity contribution in [1.82, 2.24) is 4.31 Å². The van der Waals surface area contributed by atoms with Crippen LogP contribution in [0.25, 0.3) is 0 Å². The van der Waals surface area contributed by atoms with Gasteiger partial charge in [0.2, 0.25) is 10.0 Å². The van der Waals surface area contributed by atoms with Crippen molar-refractivity contribution < 1.29 is 8.42 Å². The van der Waals surface area contributed by atoms with E-state index in [2.05, 4.69) is 5.32 Å². The topological polar surface area (TPSA) is 49.4 Å². The summed E-state index contributed by atoms with van der Waals surface area (Å²) >= 11 is 5.37. The van der Waals surface area contributed by atoms with Gasteiger partial charge in [-0.15, -0.1) is 0 Å². The van der Waals surface area contributed by atoms with Gasteiger partial charge in [0.15, 0.2) is 0 Å². The lowest BCUT2D eigenvalue weighted by Crippen LogP contribution is -2.41. The largest absolute Gasteiger partial charge is 0.348 e. The van der Waals surface area contributed by atoms with Gasteiger partial charge in [-0.2, -0.15) is 4.31 Å². The highest BCUT2D eigenvalue weighted by Gasteiger charge is 2.36. The first-order chi connectivity index (χ1) is 10.5. The average Bonchev–Trinajstić information content (AvgIpc) is 2.58. The third-order valence-electron chi connectivity index (χ3n) is 3.72. The van der Waals surface area contributed by atoms with Crippen LogP contribution in [0.1, 0.15) is 12.5 Å². The van der Waals surface area contributed by atoms with Crippen LogP contribution in [0.5, 0.6) is 0 Å². The first kappa shape index (κ1) is 15.1. The Kier molecular flexibility index (Phi) is 3.99. The molecular formula is C16H16N2O2S2. The predicted octanol–water partition coefficient (Wildman–Crippen LogP) is 3.02. The Morgan fingerprint density at radius 1 is 1.09 bits per heavy atom. The third-order valence-corrected chi connectivity index (χ3v) is 6.14. The van der Waals surface area contributed by atoms with Gasteiger partial charge in [-0.05, 0) is 24.6 Å². The molecule has 0 saturated heterocycles. The number of thiocarbonyl (C=S) groups is 1. The minimum absolute atomic E-state index is 0.262. The van der Waals surface area contributed by atoms with Crippen LogP contribution < -0.4 is 5.32 Å². The summed E-state index contributed by atoms with van der Waals surface area (Å²) in [6.45, 7) is 2.10. The number of nitrogens with one attached hydrogen (secondary N) is 1. The summed E-state index contributed by atoms with van der Waals surface area (Å²) in [5, 5.41) is 3.05. The molecular weight excluding hydrogens is 316 g/mol. The van der Waals surface area contributed by atoms with Crippen molar-refractivity contribution in [3.8, 4) is 0 Å². The van der Waals surface area contributed by atoms with Crippen LogP contribution in [-0.2, 0) is 16.6 Å². The smallest absolute Gasteiger partial charge is 0.246 e. The van der Waals surface area contributed by atoms with Crippen molar-refractivity contribution >= 4 is 32.9 Å². The maximum atomic E-state index is 13.0. The number of hydrogen-bond acceptors (Lipinski definition) is 3. The normalized spacial score (nSPS) is 20.8. The van der Waals surface area contributed by atoms with Crippen LogP contribution in [0.15, 0.2) is 59.5 Å². The predicted molar refractivity (Wildman–Crippen MR) is 91.3 cm³/mol. The molecule has 2 aromatic rings. The summed E-state index contributed by atoms with van der Waals surface area (Å²) in [4.78, 5) is 0.766. The second-order valence-corrected chi connectivity index (χ2v) is 7.50. The van der Waals surface area contributed by atoms with Crippen molar-refractivity contribution in [2.24, 2.45) is 0 Å². The molecule has 0 radical (unpaired) electrons. The quantitative estimate of drug-likeness (QED) is 0.859. The number of para-hydroxylation sites is 1. The number of rotatable bonds is 2. The Morgan fingerprint density at radius 3 is 2.45 bits per heavy atom. The molecule has 1 N–H and O–H groups in total. The van der Waals surface area contributed by atoms with E-state index in [-0.39, 0.29) is 4.90 Å². The number of sulfonamides is 1. The molecule has 0 bridgehead atoms. The molecule has 0 saturated carbocycles. The lowest BCUT2D eigenvalue weighted by atomic mass is 10.2. The lowest BCUT2D eigenvalue weighted by Gasteiger charge is -2.26. The molecule has 1 aliphatic rings. The van der Waals surface area contributed by atoms with Crippen molar-refractivity contribution in [3.63, 3.8) is 0 Å². The minimum atomic E-state index is -3.62. The van der Waals surface area contributed by atoms with E-state index < -0.39 is 16.1 Å². The van der Waals surface area contributed by atoms with Gasteiger partial charge in [0, 0.05) is 6.54 Å². The Hall–Kier alpha value is -1.76. The zero-order valence-corrected chi connectivity index (χ0v) is 13.7. The van der Waals surface area contributed by atoms with Gasteiger partial charge in [-0.25, -0.2) is 8.42 Å². The maximum absolute atomic E-state index is 13.0. The summed E-state index contributed by atoms with van der Waals surface area (Å²) in [7, 11) is -3.62. The van der Waals surface area contributed by atoms with Gasteiger partial charge < -0.3 is 5.32 Å². The van der Waals surface area contributed by atoms with Crippen LogP contribution >= 0.6 is 12.2 Å². The zero-order valence-electron chi connectivity index (χ0n) is 12.1. The van der Waals surface area contributed by atoms with E-state index in [4.69, 9.17) is 12.2 Å². The number of nitrogens with zero attached hydrogens (tertiary/aromatic N) is 1. The summed E-state index contributed by atoms with van der Waals surface area (Å²) in [6, 6.07) is 16.0. The molecule has 22 heavy (non-hydrogen) atoms. The molecule has 1 aliphatic heterocycles. The number of hydrogen-bond donors (Lipinski definition) is 1. The van der Waals surface area contributed by atoms with Crippen LogP contribution in [0.2, 0.25) is 0 Å². The van der Waals surface area contributed by atoms with Crippen molar-refractivity contribution in [1.29, 1.82) is 0 Å². The summed E-state index contributed by atoms with van der Waals surface area (Å²) in [5.41, 5.74) is 1.47. The molecule has 0 aromatic heterocycles. The Labute approximate surface area is 135 Å². The summed E-state index contributed by atoms with van der Waals surface area (Å²) in [6.07, 6.45) is 0. The molecule has 114 valence electrons. The number of anilines is 1. The van der Waals surface area contributed by atoms with Gasteiger partial charge in [0.1, 0.15) is 4.90 Å². The molecule has 0 aliphatic carbocycles. The molecule has 1 atom stereocenters. The van der Waals surface area contributed by atoms with E-state index in [0.29, 0.717) is 17.2 Å². The molecule has 1 heterocycles. The molecule has 3 rings (SSSR count). The average molecular weight is 332 g/mol. The van der Waals surface area contributed by atoms with Gasteiger partial charge >= 0.3 is 0 Å². The molecule has 0 amide bonds. The monoisotopic (exact) mass is 332 g/mol. The van der Waals surface area contributed by atoms with Crippen LogP contribution in [0, 0.1) is 0 Å². The Balaban J connectivity index is 2.09. The van der Waals surface area contributed by atoms with Crippen molar-refractivity contribution in [3.05, 3.63) is 60.2 Å². The van der Waals surface area contributed by atoms with Crippen molar-refractivity contribution in [2.45, 2.75) is 24.4 Å². The van der Waals surface area contributed by atoms with Gasteiger partial charge in [-0.3, -0.25) is 0 Å². The highest BCUT2D eigenvalue weighted by atomic mass is 32.2. The molecule has 0 spiro atoms. The van der Waals surface area contributed by atoms with E-state index in [1.807, 2.05) is 37.3 Å². The fraction of sp³-hybridized carbons (Fsp3) is 0.188. The molecule has 0 fully saturated rings. The first-order valence-corrected chi connectivity index (χ1v) is 8.80. The SMILES string of the molecule is CC1C(=S)Nc2ccccc2S(=O)(=O)N1Cc1ccccc1. The second-order valence-electron chi connectivity index (χ2n) is 5.20. The van der Waals surface area contributed by atoms with Gasteiger partial charge in [0.05, 0.1) is 16.7 Å². The maximum Gasteiger partial charge on any atom is 0.246 e. The van der Waals surface area contributed by atoms with Crippen LogP contribution in [-0.4, -0.2) is 23.8 Å². The zero-order chi connectivity index (χ0) is 15.7. The Morgan fingerprint density at radius 2 is 1.73 bits per heavy atom. The highest BCUT2D eigenvalue weighted by molar-refractivity contribution is 7.89. The third kappa shape index (κ3) is 2.65. The molecule has 2 aromatic carbocycles. The van der Waals surface area contributed by atoms with Gasteiger partial charge in [0.25, 0.3) is 0 Å². The summed E-state index contributed by atoms with van der Waals surface area (Å²) < 4.78 is 27.5. The van der Waals surface area contributed by atoms with E-state index >= 15 is 0 Å². The fourth-order valence-electron chi connectivity index (χ4n) is 2.48. The summed E-state index contributed by atoms with van der Waals surface area (Å²) in [5.74, 6) is 0. The first-order valence-electron chi connectivity index (χ1n) is 6.96. The van der Waals surface area contributed by atoms with Gasteiger partial charge in [-0.1, -0.05) is 54.7 Å². The number of benzene rings is 2. The van der Waals surface area contributed by atoms with Crippen molar-refractivity contribution in [2.75, 3.05) is 5.32 Å². The van der Waals surface area contributed by atoms with E-state index in [9.17, 15) is 8.42 Å². The van der Waals surface area contributed by atoms with E-state index in [0.717, 1.165) is 5.56 Å². The van der Waals surface area contributed by atoms with Crippen LogP contribution in [0.3, 0.4) is 0 Å². The molecule has 4 nitrogen and oxygen atoms in total. The molecule has 1 unspecified atom stereocenters. The molecule has 6 heteroatoms. The van der Waals surface area contributed by atoms with Crippen LogP contribution in [0.4, 0.5) is 5.69 Å². The lowest BCUT2D eigenvalue weighted by molar-refractivity contribution is 0.389. The standard InChI is InChI=1S/C16H16N2O2S2/c1-12-16(21)17-14-9-5-6-10-15(14)22(19,20)18(12)11-13-7-3-2-4-8-13/h2-10,12H,11H2,1H3,(H,17,21). The number of fused-ring (bicyclic) bond motifs is 1. The van der Waals surface area contributed by atoms with E-state index in [1.165, 1.54) is 4.31 Å².